The Bertz CT molecular complexity index is 579. The highest BCUT2D eigenvalue weighted by atomic mass is 35.5. The highest BCUT2D eigenvalue weighted by molar-refractivity contribution is 7.99. The lowest BCUT2D eigenvalue weighted by Crippen LogP contribution is -2.42. The molecule has 2 heterocycles. The third-order valence-electron chi connectivity index (χ3n) is 3.54. The van der Waals surface area contributed by atoms with E-state index >= 15 is 0 Å². The van der Waals surface area contributed by atoms with Crippen LogP contribution in [0.1, 0.15) is 12.0 Å². The van der Waals surface area contributed by atoms with Crippen LogP contribution >= 0.6 is 36.4 Å². The molecule has 1 aromatic carbocycles. The summed E-state index contributed by atoms with van der Waals surface area (Å²) in [5.41, 5.74) is 7.93. The Morgan fingerprint density at radius 1 is 1.48 bits per heavy atom. The number of phenolic OH excluding ortho intramolecular Hbond substituents is 1. The smallest absolute Gasteiger partial charge is 0.200 e. The Hall–Kier alpha value is -0.950. The molecule has 0 amide bonds. The normalized spacial score (nSPS) is 20.4. The summed E-state index contributed by atoms with van der Waals surface area (Å²) < 4.78 is 0. The van der Waals surface area contributed by atoms with Gasteiger partial charge in [0.25, 0.3) is 0 Å². The van der Waals surface area contributed by atoms with E-state index in [0.29, 0.717) is 17.4 Å². The number of hydrogen-bond acceptors (Lipinski definition) is 4. The van der Waals surface area contributed by atoms with Crippen LogP contribution in [0.15, 0.2) is 35.0 Å². The molecule has 0 aromatic heterocycles. The first kappa shape index (κ1) is 16.4. The van der Waals surface area contributed by atoms with Crippen LogP contribution in [0.2, 0.25) is 0 Å². The second kappa shape index (κ2) is 6.87. The van der Waals surface area contributed by atoms with Crippen molar-refractivity contribution in [2.24, 2.45) is 5.73 Å². The largest absolute Gasteiger partial charge is 0.508 e. The fourth-order valence-corrected chi connectivity index (χ4v) is 4.08. The first-order chi connectivity index (χ1) is 9.69. The summed E-state index contributed by atoms with van der Waals surface area (Å²) in [5.74, 6) is 1.28. The molecular weight excluding hydrogens is 326 g/mol. The molecular formula is C14H17ClN3OS2. The van der Waals surface area contributed by atoms with Crippen molar-refractivity contribution in [2.75, 3.05) is 12.3 Å². The number of benzene rings is 1. The number of halogens is 1. The summed E-state index contributed by atoms with van der Waals surface area (Å²) in [7, 11) is 0. The van der Waals surface area contributed by atoms with Gasteiger partial charge in [0.15, 0.2) is 5.11 Å². The third-order valence-corrected chi connectivity index (χ3v) is 5.10. The van der Waals surface area contributed by atoms with Crippen molar-refractivity contribution in [1.82, 2.24) is 10.2 Å². The first-order valence-electron chi connectivity index (χ1n) is 6.57. The quantitative estimate of drug-likeness (QED) is 0.825. The van der Waals surface area contributed by atoms with Gasteiger partial charge in [-0.05, 0) is 48.9 Å². The zero-order valence-corrected chi connectivity index (χ0v) is 13.8. The monoisotopic (exact) mass is 342 g/mol. The lowest BCUT2D eigenvalue weighted by molar-refractivity contribution is 0.394. The Morgan fingerprint density at radius 3 is 3.05 bits per heavy atom. The van der Waals surface area contributed by atoms with Crippen molar-refractivity contribution in [3.05, 3.63) is 35.7 Å². The molecule has 1 aromatic rings. The lowest BCUT2D eigenvalue weighted by Gasteiger charge is -2.34. The number of hydrogen-bond donors (Lipinski definition) is 2. The highest BCUT2D eigenvalue weighted by Crippen LogP contribution is 2.36. The minimum Gasteiger partial charge on any atom is -0.508 e. The minimum absolute atomic E-state index is 0. The van der Waals surface area contributed by atoms with E-state index in [1.807, 2.05) is 18.3 Å². The van der Waals surface area contributed by atoms with Crippen LogP contribution < -0.4 is 11.1 Å². The summed E-state index contributed by atoms with van der Waals surface area (Å²) in [5, 5.41) is 14.5. The second-order valence-corrected chi connectivity index (χ2v) is 6.33. The minimum atomic E-state index is 0. The van der Waals surface area contributed by atoms with Gasteiger partial charge in [0.2, 0.25) is 0 Å². The van der Waals surface area contributed by atoms with E-state index < -0.39 is 0 Å². The Balaban J connectivity index is 0.00000161. The number of phenols is 1. The van der Waals surface area contributed by atoms with E-state index in [2.05, 4.69) is 10.2 Å². The molecule has 4 nitrogen and oxygen atoms in total. The Labute approximate surface area is 140 Å². The molecule has 1 radical (unpaired) electrons. The van der Waals surface area contributed by atoms with E-state index in [1.54, 1.807) is 17.8 Å². The van der Waals surface area contributed by atoms with Gasteiger partial charge in [0, 0.05) is 35.0 Å². The SMILES string of the molecule is Cl.NCCC1=C[N]C(=S)N1[C@H]1CSc2ccc(O)cc2C1. The topological polar surface area (TPSA) is 63.6 Å². The van der Waals surface area contributed by atoms with Crippen molar-refractivity contribution < 1.29 is 5.11 Å². The first-order valence-corrected chi connectivity index (χ1v) is 7.96. The molecule has 2 aliphatic heterocycles. The van der Waals surface area contributed by atoms with Crippen LogP contribution in [-0.4, -0.2) is 33.5 Å². The van der Waals surface area contributed by atoms with Gasteiger partial charge in [-0.3, -0.25) is 0 Å². The molecule has 21 heavy (non-hydrogen) atoms. The average molecular weight is 343 g/mol. The molecule has 0 saturated carbocycles. The summed E-state index contributed by atoms with van der Waals surface area (Å²) in [6.07, 6.45) is 3.49. The summed E-state index contributed by atoms with van der Waals surface area (Å²) >= 11 is 7.15. The van der Waals surface area contributed by atoms with E-state index in [9.17, 15) is 5.11 Å². The zero-order chi connectivity index (χ0) is 14.1. The molecule has 1 atom stereocenters. The van der Waals surface area contributed by atoms with Crippen molar-refractivity contribution in [2.45, 2.75) is 23.8 Å². The van der Waals surface area contributed by atoms with Crippen LogP contribution in [0.4, 0.5) is 0 Å². The van der Waals surface area contributed by atoms with Gasteiger partial charge in [-0.1, -0.05) is 0 Å². The van der Waals surface area contributed by atoms with Gasteiger partial charge >= 0.3 is 0 Å². The van der Waals surface area contributed by atoms with Crippen molar-refractivity contribution in [3.63, 3.8) is 0 Å². The van der Waals surface area contributed by atoms with Crippen LogP contribution in [-0.2, 0) is 6.42 Å². The molecule has 0 unspecified atom stereocenters. The van der Waals surface area contributed by atoms with Gasteiger partial charge in [0.1, 0.15) is 5.75 Å². The fraction of sp³-hybridized carbons (Fsp3) is 0.357. The molecule has 0 spiro atoms. The van der Waals surface area contributed by atoms with E-state index in [1.165, 1.54) is 10.5 Å². The number of fused-ring (bicyclic) bond motifs is 1. The number of thioether (sulfide) groups is 1. The number of nitrogens with two attached hydrogens (primary N) is 1. The van der Waals surface area contributed by atoms with Crippen LogP contribution in [0, 0.1) is 0 Å². The maximum absolute atomic E-state index is 9.63. The Morgan fingerprint density at radius 2 is 2.29 bits per heavy atom. The highest BCUT2D eigenvalue weighted by Gasteiger charge is 2.31. The maximum atomic E-state index is 9.63. The van der Waals surface area contributed by atoms with Gasteiger partial charge in [-0.25, -0.2) is 5.32 Å². The number of rotatable bonds is 3. The number of nitrogens with zero attached hydrogens (tertiary/aromatic N) is 2. The predicted molar refractivity (Wildman–Crippen MR) is 91.9 cm³/mol. The third kappa shape index (κ3) is 3.29. The Kier molecular flexibility index (Phi) is 5.37. The van der Waals surface area contributed by atoms with Gasteiger partial charge < -0.3 is 15.7 Å². The summed E-state index contributed by atoms with van der Waals surface area (Å²) in [4.78, 5) is 3.37. The number of aromatic hydroxyl groups is 1. The maximum Gasteiger partial charge on any atom is 0.200 e. The molecule has 7 heteroatoms. The van der Waals surface area contributed by atoms with Gasteiger partial charge in [-0.15, -0.1) is 24.2 Å². The molecule has 0 fully saturated rings. The predicted octanol–water partition coefficient (Wildman–Crippen LogP) is 2.23. The van der Waals surface area contributed by atoms with Gasteiger partial charge in [0.05, 0.1) is 0 Å². The summed E-state index contributed by atoms with van der Waals surface area (Å²) in [6, 6.07) is 5.85. The van der Waals surface area contributed by atoms with Crippen molar-refractivity contribution in [1.29, 1.82) is 0 Å². The molecule has 3 N–H and O–H groups in total. The standard InChI is InChI=1S/C14H16N3OS2.ClH/c15-4-3-10-7-16-14(19)17(10)11-5-9-6-12(18)1-2-13(9)20-8-11;/h1-2,6-7,11,18H,3-5,8,15H2;1H/t11-;/m1./s1. The molecule has 2 aliphatic rings. The molecule has 0 aliphatic carbocycles. The van der Waals surface area contributed by atoms with E-state index in [0.717, 1.165) is 24.3 Å². The second-order valence-electron chi connectivity index (χ2n) is 4.90. The van der Waals surface area contributed by atoms with Crippen molar-refractivity contribution >= 4 is 41.5 Å². The fourth-order valence-electron chi connectivity index (χ4n) is 2.63. The van der Waals surface area contributed by atoms with Crippen LogP contribution in [0.25, 0.3) is 0 Å². The summed E-state index contributed by atoms with van der Waals surface area (Å²) in [6.45, 7) is 0.595. The van der Waals surface area contributed by atoms with E-state index in [-0.39, 0.29) is 18.4 Å². The lowest BCUT2D eigenvalue weighted by atomic mass is 10.0. The molecule has 3 rings (SSSR count). The molecule has 0 saturated heterocycles. The van der Waals surface area contributed by atoms with Crippen LogP contribution in [0.3, 0.4) is 0 Å². The van der Waals surface area contributed by atoms with E-state index in [4.69, 9.17) is 18.0 Å². The molecule has 0 bridgehead atoms. The average Bonchev–Trinajstić information content (AvgIpc) is 2.79. The number of thiocarbonyl (C=S) groups is 1. The van der Waals surface area contributed by atoms with Crippen molar-refractivity contribution in [3.8, 4) is 5.75 Å². The van der Waals surface area contributed by atoms with Crippen LogP contribution in [0.5, 0.6) is 5.75 Å². The molecule has 113 valence electrons. The van der Waals surface area contributed by atoms with Gasteiger partial charge in [-0.2, -0.15) is 0 Å². The zero-order valence-electron chi connectivity index (χ0n) is 11.4.